The lowest BCUT2D eigenvalue weighted by molar-refractivity contribution is 0.101. The molecule has 0 aromatic heterocycles. The molecule has 2 aromatic rings. The van der Waals surface area contributed by atoms with Gasteiger partial charge in [0.15, 0.2) is 5.78 Å². The molecular formula is C20H22O2. The summed E-state index contributed by atoms with van der Waals surface area (Å²) in [5.41, 5.74) is 5.31. The van der Waals surface area contributed by atoms with Gasteiger partial charge in [0, 0.05) is 5.56 Å². The van der Waals surface area contributed by atoms with Crippen molar-refractivity contribution in [1.29, 1.82) is 0 Å². The third kappa shape index (κ3) is 4.08. The Kier molecular flexibility index (Phi) is 5.16. The molecule has 0 amide bonds. The van der Waals surface area contributed by atoms with E-state index in [0.717, 1.165) is 16.9 Å². The van der Waals surface area contributed by atoms with Crippen molar-refractivity contribution in [3.05, 3.63) is 70.3 Å². The predicted octanol–water partition coefficient (Wildman–Crippen LogP) is 4.99. The van der Waals surface area contributed by atoms with Gasteiger partial charge in [-0.25, -0.2) is 0 Å². The first-order valence-electron chi connectivity index (χ1n) is 7.44. The molecule has 2 heteroatoms. The fourth-order valence-electron chi connectivity index (χ4n) is 2.22. The molecule has 114 valence electrons. The van der Waals surface area contributed by atoms with E-state index in [1.165, 1.54) is 11.1 Å². The van der Waals surface area contributed by atoms with Gasteiger partial charge in [0.05, 0.1) is 0 Å². The minimum absolute atomic E-state index is 0.0528. The van der Waals surface area contributed by atoms with Gasteiger partial charge in [-0.3, -0.25) is 4.79 Å². The van der Waals surface area contributed by atoms with E-state index in [9.17, 15) is 4.79 Å². The third-order valence-corrected chi connectivity index (χ3v) is 3.64. The third-order valence-electron chi connectivity index (χ3n) is 3.64. The molecule has 0 saturated carbocycles. The van der Waals surface area contributed by atoms with Crippen molar-refractivity contribution in [3.8, 4) is 5.75 Å². The average Bonchev–Trinajstić information content (AvgIpc) is 2.48. The van der Waals surface area contributed by atoms with E-state index in [1.54, 1.807) is 6.92 Å². The van der Waals surface area contributed by atoms with Crippen LogP contribution in [0.25, 0.3) is 6.08 Å². The lowest BCUT2D eigenvalue weighted by atomic mass is 10.1. The number of ketones is 1. The second-order valence-electron chi connectivity index (χ2n) is 5.67. The maximum Gasteiger partial charge on any atom is 0.159 e. The zero-order valence-corrected chi connectivity index (χ0v) is 13.6. The summed E-state index contributed by atoms with van der Waals surface area (Å²) in [6.45, 7) is 8.21. The molecule has 2 rings (SSSR count). The van der Waals surface area contributed by atoms with E-state index in [1.807, 2.05) is 37.3 Å². The highest BCUT2D eigenvalue weighted by molar-refractivity contribution is 5.94. The summed E-state index contributed by atoms with van der Waals surface area (Å²) in [7, 11) is 0. The van der Waals surface area contributed by atoms with Crippen LogP contribution in [-0.2, 0) is 0 Å². The molecule has 0 atom stereocenters. The van der Waals surface area contributed by atoms with E-state index in [-0.39, 0.29) is 5.78 Å². The number of carbonyl (C=O) groups is 1. The van der Waals surface area contributed by atoms with Crippen LogP contribution in [0.1, 0.15) is 40.9 Å². The lowest BCUT2D eigenvalue weighted by Crippen LogP contribution is -2.02. The molecule has 0 aliphatic heterocycles. The van der Waals surface area contributed by atoms with Gasteiger partial charge in [-0.15, -0.1) is 0 Å². The first kappa shape index (κ1) is 16.0. The largest absolute Gasteiger partial charge is 0.489 e. The number of ether oxygens (including phenoxy) is 1. The molecular weight excluding hydrogens is 272 g/mol. The van der Waals surface area contributed by atoms with Crippen molar-refractivity contribution in [1.82, 2.24) is 0 Å². The van der Waals surface area contributed by atoms with Crippen molar-refractivity contribution in [2.75, 3.05) is 6.61 Å². The standard InChI is InChI=1S/C20H22O2/c1-14(11-18-8-6-5-7-15(18)2)13-22-20-12-19(17(4)21)10-9-16(20)3/h5-12H,13H2,1-4H3/b14-11+. The van der Waals surface area contributed by atoms with Gasteiger partial charge >= 0.3 is 0 Å². The quantitative estimate of drug-likeness (QED) is 0.726. The number of aryl methyl sites for hydroxylation is 2. The molecule has 0 radical (unpaired) electrons. The van der Waals surface area contributed by atoms with Crippen LogP contribution in [0.2, 0.25) is 0 Å². The number of benzene rings is 2. The maximum atomic E-state index is 11.5. The SMILES string of the molecule is CC(=O)c1ccc(C)c(OC/C(C)=C/c2ccccc2C)c1. The van der Waals surface area contributed by atoms with Gasteiger partial charge in [0.25, 0.3) is 0 Å². The molecule has 0 aliphatic rings. The molecule has 0 heterocycles. The molecule has 22 heavy (non-hydrogen) atoms. The van der Waals surface area contributed by atoms with Gasteiger partial charge in [-0.1, -0.05) is 42.5 Å². The van der Waals surface area contributed by atoms with Crippen molar-refractivity contribution in [2.24, 2.45) is 0 Å². The summed E-state index contributed by atoms with van der Waals surface area (Å²) < 4.78 is 5.88. The van der Waals surface area contributed by atoms with E-state index in [4.69, 9.17) is 4.74 Å². The first-order valence-corrected chi connectivity index (χ1v) is 7.44. The minimum Gasteiger partial charge on any atom is -0.489 e. The van der Waals surface area contributed by atoms with Crippen LogP contribution in [0, 0.1) is 13.8 Å². The fourth-order valence-corrected chi connectivity index (χ4v) is 2.22. The van der Waals surface area contributed by atoms with Crippen LogP contribution in [-0.4, -0.2) is 12.4 Å². The van der Waals surface area contributed by atoms with Crippen LogP contribution < -0.4 is 4.74 Å². The van der Waals surface area contributed by atoms with E-state index < -0.39 is 0 Å². The lowest BCUT2D eigenvalue weighted by Gasteiger charge is -2.11. The molecule has 0 bridgehead atoms. The van der Waals surface area contributed by atoms with Gasteiger partial charge in [0.1, 0.15) is 12.4 Å². The highest BCUT2D eigenvalue weighted by Gasteiger charge is 2.05. The molecule has 2 aromatic carbocycles. The number of rotatable bonds is 5. The Morgan fingerprint density at radius 3 is 2.45 bits per heavy atom. The van der Waals surface area contributed by atoms with Crippen LogP contribution >= 0.6 is 0 Å². The van der Waals surface area contributed by atoms with E-state index in [2.05, 4.69) is 32.1 Å². The number of carbonyl (C=O) groups excluding carboxylic acids is 1. The molecule has 0 saturated heterocycles. The monoisotopic (exact) mass is 294 g/mol. The smallest absolute Gasteiger partial charge is 0.159 e. The minimum atomic E-state index is 0.0528. The summed E-state index contributed by atoms with van der Waals surface area (Å²) in [4.78, 5) is 11.5. The second-order valence-corrected chi connectivity index (χ2v) is 5.67. The fraction of sp³-hybridized carbons (Fsp3) is 0.250. The molecule has 0 N–H and O–H groups in total. The average molecular weight is 294 g/mol. The van der Waals surface area contributed by atoms with Crippen LogP contribution in [0.15, 0.2) is 48.0 Å². The van der Waals surface area contributed by atoms with Crippen LogP contribution in [0.5, 0.6) is 5.75 Å². The Morgan fingerprint density at radius 2 is 1.77 bits per heavy atom. The summed E-state index contributed by atoms with van der Waals surface area (Å²) in [6.07, 6.45) is 2.14. The van der Waals surface area contributed by atoms with Gasteiger partial charge in [0.2, 0.25) is 0 Å². The predicted molar refractivity (Wildman–Crippen MR) is 91.5 cm³/mol. The van der Waals surface area contributed by atoms with E-state index >= 15 is 0 Å². The Bertz CT molecular complexity index is 711. The molecule has 0 aliphatic carbocycles. The summed E-state index contributed by atoms with van der Waals surface area (Å²) >= 11 is 0. The van der Waals surface area contributed by atoms with Crippen molar-refractivity contribution in [2.45, 2.75) is 27.7 Å². The molecule has 0 unspecified atom stereocenters. The number of hydrogen-bond acceptors (Lipinski definition) is 2. The van der Waals surface area contributed by atoms with Gasteiger partial charge in [-0.2, -0.15) is 0 Å². The Hall–Kier alpha value is -2.35. The van der Waals surface area contributed by atoms with E-state index in [0.29, 0.717) is 12.2 Å². The van der Waals surface area contributed by atoms with Crippen molar-refractivity contribution in [3.63, 3.8) is 0 Å². The summed E-state index contributed by atoms with van der Waals surface area (Å²) in [5.74, 6) is 0.822. The molecule has 0 fully saturated rings. The Balaban J connectivity index is 2.11. The molecule has 0 spiro atoms. The Labute approximate surface area is 132 Å². The second kappa shape index (κ2) is 7.08. The topological polar surface area (TPSA) is 26.3 Å². The van der Waals surface area contributed by atoms with Crippen molar-refractivity contribution < 1.29 is 9.53 Å². The Morgan fingerprint density at radius 1 is 1.05 bits per heavy atom. The normalized spacial score (nSPS) is 11.4. The molecule has 2 nitrogen and oxygen atoms in total. The van der Waals surface area contributed by atoms with Gasteiger partial charge in [-0.05, 0) is 56.0 Å². The zero-order valence-electron chi connectivity index (χ0n) is 13.6. The highest BCUT2D eigenvalue weighted by Crippen LogP contribution is 2.21. The van der Waals surface area contributed by atoms with Crippen LogP contribution in [0.4, 0.5) is 0 Å². The zero-order chi connectivity index (χ0) is 16.1. The number of Topliss-reactive ketones (excluding diaryl/α,β-unsaturated/α-hetero) is 1. The van der Waals surface area contributed by atoms with Crippen molar-refractivity contribution >= 4 is 11.9 Å². The maximum absolute atomic E-state index is 11.5. The summed E-state index contributed by atoms with van der Waals surface area (Å²) in [6, 6.07) is 13.8. The first-order chi connectivity index (χ1) is 10.5. The van der Waals surface area contributed by atoms with Crippen LogP contribution in [0.3, 0.4) is 0 Å². The number of hydrogen-bond donors (Lipinski definition) is 0. The van der Waals surface area contributed by atoms with Gasteiger partial charge < -0.3 is 4.74 Å². The highest BCUT2D eigenvalue weighted by atomic mass is 16.5. The summed E-state index contributed by atoms with van der Waals surface area (Å²) in [5, 5.41) is 0.